The summed E-state index contributed by atoms with van der Waals surface area (Å²) in [5, 5.41) is 19.0. The van der Waals surface area contributed by atoms with Gasteiger partial charge in [0.1, 0.15) is 22.5 Å². The Hall–Kier alpha value is -3.46. The summed E-state index contributed by atoms with van der Waals surface area (Å²) in [4.78, 5) is 24.9. The average Bonchev–Trinajstić information content (AvgIpc) is 3.09. The Bertz CT molecular complexity index is 1090. The SMILES string of the molecule is CCC(C)(C)c1ccc(O)c(-n2nc3cc(C(N)=O)c(C(=O)NN)cc3n2)c1. The lowest BCUT2D eigenvalue weighted by molar-refractivity contribution is 0.0936. The number of aromatic hydroxyl groups is 1. The van der Waals surface area contributed by atoms with E-state index >= 15 is 0 Å². The third-order valence-corrected chi connectivity index (χ3v) is 5.02. The lowest BCUT2D eigenvalue weighted by atomic mass is 9.82. The summed E-state index contributed by atoms with van der Waals surface area (Å²) in [7, 11) is 0. The molecule has 9 heteroatoms. The number of nitrogen functional groups attached to an aromatic ring is 1. The predicted octanol–water partition coefficient (Wildman–Crippen LogP) is 1.52. The first-order valence-corrected chi connectivity index (χ1v) is 8.73. The molecule has 0 bridgehead atoms. The Morgan fingerprint density at radius 1 is 1.14 bits per heavy atom. The van der Waals surface area contributed by atoms with Gasteiger partial charge in [0.25, 0.3) is 5.91 Å². The van der Waals surface area contributed by atoms with E-state index < -0.39 is 11.8 Å². The van der Waals surface area contributed by atoms with Crippen LogP contribution in [0, 0.1) is 0 Å². The van der Waals surface area contributed by atoms with Gasteiger partial charge in [0.05, 0.1) is 11.1 Å². The van der Waals surface area contributed by atoms with E-state index in [-0.39, 0.29) is 22.3 Å². The largest absolute Gasteiger partial charge is 0.506 e. The van der Waals surface area contributed by atoms with Crippen LogP contribution in [0.4, 0.5) is 0 Å². The fourth-order valence-corrected chi connectivity index (χ4v) is 2.85. The predicted molar refractivity (Wildman–Crippen MR) is 104 cm³/mol. The van der Waals surface area contributed by atoms with Crippen molar-refractivity contribution < 1.29 is 14.7 Å². The maximum atomic E-state index is 12.0. The van der Waals surface area contributed by atoms with Crippen molar-refractivity contribution in [1.29, 1.82) is 0 Å². The number of hydrazine groups is 1. The van der Waals surface area contributed by atoms with Crippen molar-refractivity contribution in [2.24, 2.45) is 11.6 Å². The van der Waals surface area contributed by atoms with E-state index in [1.165, 1.54) is 16.9 Å². The molecule has 2 aromatic carbocycles. The van der Waals surface area contributed by atoms with E-state index in [4.69, 9.17) is 11.6 Å². The van der Waals surface area contributed by atoms with Crippen LogP contribution in [0.5, 0.6) is 5.75 Å². The molecular formula is C19H22N6O3. The second-order valence-corrected chi connectivity index (χ2v) is 7.15. The molecule has 0 aliphatic heterocycles. The Morgan fingerprint density at radius 2 is 1.75 bits per heavy atom. The minimum absolute atomic E-state index is 0.000334. The molecule has 0 spiro atoms. The summed E-state index contributed by atoms with van der Waals surface area (Å²) >= 11 is 0. The van der Waals surface area contributed by atoms with Crippen LogP contribution in [0.1, 0.15) is 53.5 Å². The average molecular weight is 382 g/mol. The van der Waals surface area contributed by atoms with E-state index in [0.717, 1.165) is 12.0 Å². The summed E-state index contributed by atoms with van der Waals surface area (Å²) in [5.41, 5.74) is 9.34. The molecule has 0 fully saturated rings. The number of primary amides is 1. The number of amides is 2. The number of nitrogens with zero attached hydrogens (tertiary/aromatic N) is 3. The van der Waals surface area contributed by atoms with Crippen molar-refractivity contribution in [3.05, 3.63) is 47.0 Å². The summed E-state index contributed by atoms with van der Waals surface area (Å²) in [6.07, 6.45) is 0.908. The first-order valence-electron chi connectivity index (χ1n) is 8.73. The molecule has 9 nitrogen and oxygen atoms in total. The number of aromatic nitrogens is 3. The van der Waals surface area contributed by atoms with Gasteiger partial charge in [-0.15, -0.1) is 15.0 Å². The molecule has 3 aromatic rings. The fourth-order valence-electron chi connectivity index (χ4n) is 2.85. The zero-order valence-electron chi connectivity index (χ0n) is 15.9. The van der Waals surface area contributed by atoms with E-state index in [2.05, 4.69) is 31.0 Å². The van der Waals surface area contributed by atoms with Crippen LogP contribution in [0.15, 0.2) is 30.3 Å². The van der Waals surface area contributed by atoms with Gasteiger partial charge in [0.2, 0.25) is 5.91 Å². The van der Waals surface area contributed by atoms with Crippen molar-refractivity contribution >= 4 is 22.8 Å². The zero-order valence-corrected chi connectivity index (χ0v) is 15.9. The van der Waals surface area contributed by atoms with Crippen molar-refractivity contribution in [3.63, 3.8) is 0 Å². The number of phenolic OH excluding ortho intramolecular Hbond substituents is 1. The van der Waals surface area contributed by atoms with E-state index in [1.54, 1.807) is 6.07 Å². The molecule has 2 amide bonds. The number of nitrogens with two attached hydrogens (primary N) is 2. The molecule has 0 aliphatic carbocycles. The molecular weight excluding hydrogens is 360 g/mol. The Kier molecular flexibility index (Phi) is 4.78. The Balaban J connectivity index is 2.19. The number of fused-ring (bicyclic) bond motifs is 1. The zero-order chi connectivity index (χ0) is 20.6. The first kappa shape index (κ1) is 19.3. The second kappa shape index (κ2) is 6.93. The minimum Gasteiger partial charge on any atom is -0.506 e. The maximum absolute atomic E-state index is 12.0. The molecule has 1 heterocycles. The van der Waals surface area contributed by atoms with Gasteiger partial charge in [-0.3, -0.25) is 15.0 Å². The monoisotopic (exact) mass is 382 g/mol. The van der Waals surface area contributed by atoms with Crippen LogP contribution < -0.4 is 17.0 Å². The minimum atomic E-state index is -0.787. The van der Waals surface area contributed by atoms with Crippen LogP contribution in [0.3, 0.4) is 0 Å². The third kappa shape index (κ3) is 3.27. The molecule has 0 unspecified atom stereocenters. The van der Waals surface area contributed by atoms with Gasteiger partial charge in [-0.2, -0.15) is 0 Å². The highest BCUT2D eigenvalue weighted by molar-refractivity contribution is 6.09. The highest BCUT2D eigenvalue weighted by atomic mass is 16.3. The van der Waals surface area contributed by atoms with Gasteiger partial charge < -0.3 is 10.8 Å². The lowest BCUT2D eigenvalue weighted by Crippen LogP contribution is -2.32. The number of hydrogen-bond donors (Lipinski definition) is 4. The smallest absolute Gasteiger partial charge is 0.266 e. The Labute approximate surface area is 161 Å². The molecule has 0 saturated carbocycles. The Morgan fingerprint density at radius 3 is 2.29 bits per heavy atom. The van der Waals surface area contributed by atoms with Crippen molar-refractivity contribution in [2.75, 3.05) is 0 Å². The number of benzene rings is 2. The molecule has 0 saturated heterocycles. The second-order valence-electron chi connectivity index (χ2n) is 7.15. The van der Waals surface area contributed by atoms with Gasteiger partial charge >= 0.3 is 0 Å². The topological polar surface area (TPSA) is 149 Å². The first-order chi connectivity index (χ1) is 13.2. The number of carbonyl (C=O) groups is 2. The molecule has 146 valence electrons. The van der Waals surface area contributed by atoms with Crippen molar-refractivity contribution in [1.82, 2.24) is 20.4 Å². The molecule has 28 heavy (non-hydrogen) atoms. The highest BCUT2D eigenvalue weighted by Crippen LogP contribution is 2.32. The van der Waals surface area contributed by atoms with E-state index in [0.29, 0.717) is 16.7 Å². The summed E-state index contributed by atoms with van der Waals surface area (Å²) in [5.74, 6) is 3.73. The van der Waals surface area contributed by atoms with Gasteiger partial charge in [-0.1, -0.05) is 26.8 Å². The molecule has 3 rings (SSSR count). The molecule has 1 aromatic heterocycles. The van der Waals surface area contributed by atoms with E-state index in [1.807, 2.05) is 17.6 Å². The van der Waals surface area contributed by atoms with Gasteiger partial charge in [-0.25, -0.2) is 5.84 Å². The number of phenols is 1. The lowest BCUT2D eigenvalue weighted by Gasteiger charge is -2.24. The molecule has 0 radical (unpaired) electrons. The summed E-state index contributed by atoms with van der Waals surface area (Å²) in [6.45, 7) is 6.29. The van der Waals surface area contributed by atoms with Crippen LogP contribution in [0.25, 0.3) is 16.7 Å². The molecule has 6 N–H and O–H groups in total. The summed E-state index contributed by atoms with van der Waals surface area (Å²) in [6, 6.07) is 8.04. The van der Waals surface area contributed by atoms with Crippen LogP contribution >= 0.6 is 0 Å². The number of carbonyl (C=O) groups excluding carboxylic acids is 2. The van der Waals surface area contributed by atoms with Crippen molar-refractivity contribution in [3.8, 4) is 11.4 Å². The number of rotatable bonds is 5. The number of nitrogens with one attached hydrogen (secondary N) is 1. The number of hydrogen-bond acceptors (Lipinski definition) is 6. The van der Waals surface area contributed by atoms with Gasteiger partial charge in [0.15, 0.2) is 0 Å². The highest BCUT2D eigenvalue weighted by Gasteiger charge is 2.22. The third-order valence-electron chi connectivity index (χ3n) is 5.02. The van der Waals surface area contributed by atoms with Crippen LogP contribution in [0.2, 0.25) is 0 Å². The van der Waals surface area contributed by atoms with Gasteiger partial charge in [0, 0.05) is 0 Å². The molecule has 0 atom stereocenters. The fraction of sp³-hybridized carbons (Fsp3) is 0.263. The van der Waals surface area contributed by atoms with Crippen LogP contribution in [-0.4, -0.2) is 31.9 Å². The quantitative estimate of drug-likeness (QED) is 0.298. The van der Waals surface area contributed by atoms with Gasteiger partial charge in [-0.05, 0) is 41.7 Å². The summed E-state index contributed by atoms with van der Waals surface area (Å²) < 4.78 is 0. The van der Waals surface area contributed by atoms with Crippen molar-refractivity contribution in [2.45, 2.75) is 32.6 Å². The van der Waals surface area contributed by atoms with Crippen LogP contribution in [-0.2, 0) is 5.41 Å². The normalized spacial score (nSPS) is 11.6. The molecule has 0 aliphatic rings. The van der Waals surface area contributed by atoms with E-state index in [9.17, 15) is 14.7 Å². The standard InChI is InChI=1S/C19H22N6O3/c1-4-19(2,3)10-5-6-16(26)15(7-10)25-23-13-8-11(17(20)27)12(18(28)22-21)9-14(13)24-25/h5-9,26H,4,21H2,1-3H3,(H2,20,27)(H,22,28). The maximum Gasteiger partial charge on any atom is 0.266 e.